The van der Waals surface area contributed by atoms with E-state index < -0.39 is 23.4 Å². The summed E-state index contributed by atoms with van der Waals surface area (Å²) in [5, 5.41) is 13.1. The fourth-order valence-corrected chi connectivity index (χ4v) is 2.09. The number of rotatable bonds is 6. The third-order valence-electron chi connectivity index (χ3n) is 3.12. The van der Waals surface area contributed by atoms with Crippen LogP contribution in [0.5, 0.6) is 0 Å². The number of aryl methyl sites for hydroxylation is 1. The lowest BCUT2D eigenvalue weighted by atomic mass is 10.2. The van der Waals surface area contributed by atoms with Crippen LogP contribution in [0, 0.1) is 17.0 Å². The van der Waals surface area contributed by atoms with Crippen molar-refractivity contribution in [3.05, 3.63) is 62.9 Å². The van der Waals surface area contributed by atoms with Crippen LogP contribution < -0.4 is 5.32 Å². The summed E-state index contributed by atoms with van der Waals surface area (Å²) in [6, 6.07) is 7.15. The number of aromatic nitrogens is 1. The second kappa shape index (κ2) is 8.20. The van der Waals surface area contributed by atoms with Crippen molar-refractivity contribution in [3.8, 4) is 0 Å². The first-order valence-corrected chi connectivity index (χ1v) is 7.54. The summed E-state index contributed by atoms with van der Waals surface area (Å²) in [7, 11) is 0. The first kappa shape index (κ1) is 18.3. The zero-order valence-electron chi connectivity index (χ0n) is 13.2. The van der Waals surface area contributed by atoms with E-state index in [4.69, 9.17) is 16.3 Å². The summed E-state index contributed by atoms with van der Waals surface area (Å²) in [5.41, 5.74) is 1.50. The topological polar surface area (TPSA) is 111 Å². The van der Waals surface area contributed by atoms with Gasteiger partial charge in [0.05, 0.1) is 22.1 Å². The van der Waals surface area contributed by atoms with Crippen molar-refractivity contribution in [2.75, 3.05) is 11.9 Å². The van der Waals surface area contributed by atoms with Gasteiger partial charge in [0, 0.05) is 24.0 Å². The van der Waals surface area contributed by atoms with Crippen LogP contribution in [-0.4, -0.2) is 28.4 Å². The molecule has 0 aliphatic rings. The lowest BCUT2D eigenvalue weighted by Crippen LogP contribution is -2.21. The van der Waals surface area contributed by atoms with Crippen LogP contribution in [-0.2, 0) is 20.7 Å². The lowest BCUT2D eigenvalue weighted by Gasteiger charge is -2.08. The van der Waals surface area contributed by atoms with E-state index in [1.165, 1.54) is 12.1 Å². The van der Waals surface area contributed by atoms with E-state index in [0.29, 0.717) is 5.56 Å². The highest BCUT2D eigenvalue weighted by molar-refractivity contribution is 6.34. The molecule has 0 aliphatic heterocycles. The lowest BCUT2D eigenvalue weighted by molar-refractivity contribution is -0.384. The third-order valence-corrected chi connectivity index (χ3v) is 3.44. The van der Waals surface area contributed by atoms with Crippen LogP contribution in [0.3, 0.4) is 0 Å². The van der Waals surface area contributed by atoms with Gasteiger partial charge in [-0.2, -0.15) is 0 Å². The molecule has 8 nitrogen and oxygen atoms in total. The van der Waals surface area contributed by atoms with Gasteiger partial charge >= 0.3 is 5.97 Å². The number of anilines is 1. The minimum Gasteiger partial charge on any atom is -0.455 e. The molecule has 0 fully saturated rings. The largest absolute Gasteiger partial charge is 0.455 e. The van der Waals surface area contributed by atoms with Gasteiger partial charge in [0.15, 0.2) is 6.61 Å². The molecule has 0 aliphatic carbocycles. The number of amides is 1. The molecule has 1 N–H and O–H groups in total. The maximum atomic E-state index is 11.8. The number of pyridine rings is 1. The van der Waals surface area contributed by atoms with Gasteiger partial charge in [-0.3, -0.25) is 24.7 Å². The quantitative estimate of drug-likeness (QED) is 0.479. The van der Waals surface area contributed by atoms with Gasteiger partial charge in [-0.15, -0.1) is 0 Å². The van der Waals surface area contributed by atoms with Crippen molar-refractivity contribution in [3.63, 3.8) is 0 Å². The molecule has 1 amide bonds. The third kappa shape index (κ3) is 5.54. The van der Waals surface area contributed by atoms with Crippen molar-refractivity contribution >= 4 is 34.9 Å². The summed E-state index contributed by atoms with van der Waals surface area (Å²) in [5.74, 6) is -1.18. The van der Waals surface area contributed by atoms with E-state index in [2.05, 4.69) is 10.3 Å². The van der Waals surface area contributed by atoms with E-state index in [1.807, 2.05) is 6.92 Å². The molecule has 9 heteroatoms. The number of halogens is 1. The monoisotopic (exact) mass is 363 g/mol. The Morgan fingerprint density at radius 3 is 2.68 bits per heavy atom. The molecule has 0 atom stereocenters. The maximum Gasteiger partial charge on any atom is 0.310 e. The molecule has 0 spiro atoms. The average Bonchev–Trinajstić information content (AvgIpc) is 2.57. The van der Waals surface area contributed by atoms with E-state index in [1.54, 1.807) is 18.3 Å². The van der Waals surface area contributed by atoms with Crippen LogP contribution in [0.1, 0.15) is 11.3 Å². The number of carbonyl (C=O) groups excluding carboxylic acids is 2. The summed E-state index contributed by atoms with van der Waals surface area (Å²) in [4.78, 5) is 37.6. The Labute approximate surface area is 147 Å². The van der Waals surface area contributed by atoms with E-state index >= 15 is 0 Å². The molecular formula is C16H14ClN3O5. The van der Waals surface area contributed by atoms with Gasteiger partial charge in [-0.25, -0.2) is 0 Å². The number of ether oxygens (including phenoxy) is 1. The van der Waals surface area contributed by atoms with Gasteiger partial charge in [0.2, 0.25) is 0 Å². The number of nitro groups is 1. The fourth-order valence-electron chi connectivity index (χ4n) is 1.87. The number of nitrogens with zero attached hydrogens (tertiary/aromatic N) is 2. The van der Waals surface area contributed by atoms with Crippen molar-refractivity contribution in [1.29, 1.82) is 0 Å². The first-order chi connectivity index (χ1) is 11.8. The normalized spacial score (nSPS) is 10.2. The molecule has 2 aromatic rings. The molecule has 0 bridgehead atoms. The van der Waals surface area contributed by atoms with E-state index in [9.17, 15) is 19.7 Å². The molecule has 1 heterocycles. The van der Waals surface area contributed by atoms with Crippen molar-refractivity contribution in [2.45, 2.75) is 13.3 Å². The van der Waals surface area contributed by atoms with Gasteiger partial charge in [0.25, 0.3) is 11.6 Å². The average molecular weight is 364 g/mol. The Balaban J connectivity index is 1.85. The van der Waals surface area contributed by atoms with Gasteiger partial charge < -0.3 is 10.1 Å². The Morgan fingerprint density at radius 2 is 2.08 bits per heavy atom. The SMILES string of the molecule is Cc1ccc(CC(=O)OCC(=O)Nc2ccc([N+](=O)[O-])cc2Cl)cn1. The van der Waals surface area contributed by atoms with Crippen LogP contribution in [0.4, 0.5) is 11.4 Å². The first-order valence-electron chi connectivity index (χ1n) is 7.16. The molecule has 0 radical (unpaired) electrons. The summed E-state index contributed by atoms with van der Waals surface area (Å²) in [6.45, 7) is 1.33. The van der Waals surface area contributed by atoms with Crippen LogP contribution in [0.15, 0.2) is 36.5 Å². The number of esters is 1. The number of nitrogens with one attached hydrogen (secondary N) is 1. The maximum absolute atomic E-state index is 11.8. The number of hydrogen-bond acceptors (Lipinski definition) is 6. The Kier molecular flexibility index (Phi) is 6.02. The number of hydrogen-bond donors (Lipinski definition) is 1. The highest BCUT2D eigenvalue weighted by Crippen LogP contribution is 2.26. The fraction of sp³-hybridized carbons (Fsp3) is 0.188. The highest BCUT2D eigenvalue weighted by Gasteiger charge is 2.13. The van der Waals surface area contributed by atoms with E-state index in [-0.39, 0.29) is 22.8 Å². The molecule has 0 unspecified atom stereocenters. The molecule has 130 valence electrons. The van der Waals surface area contributed by atoms with E-state index in [0.717, 1.165) is 11.8 Å². The number of benzene rings is 1. The summed E-state index contributed by atoms with van der Waals surface area (Å²) >= 11 is 5.87. The predicted octanol–water partition coefficient (Wildman–Crippen LogP) is 2.68. The number of carbonyl (C=O) groups is 2. The van der Waals surface area contributed by atoms with Crippen LogP contribution >= 0.6 is 11.6 Å². The standard InChI is InChI=1S/C16H14ClN3O5/c1-10-2-3-11(8-18-10)6-16(22)25-9-15(21)19-14-5-4-12(20(23)24)7-13(14)17/h2-5,7-8H,6,9H2,1H3,(H,19,21). The van der Waals surface area contributed by atoms with Crippen LogP contribution in [0.2, 0.25) is 5.02 Å². The molecule has 0 saturated heterocycles. The zero-order chi connectivity index (χ0) is 18.4. The Bertz CT molecular complexity index is 808. The zero-order valence-corrected chi connectivity index (χ0v) is 13.9. The smallest absolute Gasteiger partial charge is 0.310 e. The second-order valence-electron chi connectivity index (χ2n) is 5.11. The van der Waals surface area contributed by atoms with Gasteiger partial charge in [-0.05, 0) is 24.6 Å². The molecule has 25 heavy (non-hydrogen) atoms. The molecular weight excluding hydrogens is 350 g/mol. The minimum absolute atomic E-state index is 0.00114. The van der Waals surface area contributed by atoms with Crippen LogP contribution in [0.25, 0.3) is 0 Å². The van der Waals surface area contributed by atoms with Crippen molar-refractivity contribution < 1.29 is 19.2 Å². The minimum atomic E-state index is -0.605. The Hall–Kier alpha value is -3.00. The molecule has 0 saturated carbocycles. The van der Waals surface area contributed by atoms with Gasteiger partial charge in [-0.1, -0.05) is 17.7 Å². The van der Waals surface area contributed by atoms with Crippen molar-refractivity contribution in [1.82, 2.24) is 4.98 Å². The predicted molar refractivity (Wildman–Crippen MR) is 90.4 cm³/mol. The molecule has 2 rings (SSSR count). The Morgan fingerprint density at radius 1 is 1.32 bits per heavy atom. The summed E-state index contributed by atoms with van der Waals surface area (Å²) < 4.78 is 4.88. The highest BCUT2D eigenvalue weighted by atomic mass is 35.5. The molecule has 1 aromatic heterocycles. The summed E-state index contributed by atoms with van der Waals surface area (Å²) in [6.07, 6.45) is 1.56. The van der Waals surface area contributed by atoms with Gasteiger partial charge in [0.1, 0.15) is 0 Å². The number of non-ortho nitro benzene ring substituents is 1. The number of nitro benzene ring substituents is 1. The van der Waals surface area contributed by atoms with Crippen molar-refractivity contribution in [2.24, 2.45) is 0 Å². The second-order valence-corrected chi connectivity index (χ2v) is 5.52. The molecule has 1 aromatic carbocycles.